The van der Waals surface area contributed by atoms with Crippen molar-refractivity contribution in [3.63, 3.8) is 0 Å². The highest BCUT2D eigenvalue weighted by Crippen LogP contribution is 2.34. The van der Waals surface area contributed by atoms with Crippen molar-refractivity contribution in [3.8, 4) is 11.5 Å². The molecule has 3 aromatic carbocycles. The van der Waals surface area contributed by atoms with Crippen molar-refractivity contribution in [2.75, 3.05) is 18.6 Å². The Morgan fingerprint density at radius 2 is 1.74 bits per heavy atom. The first-order chi connectivity index (χ1) is 15.0. The van der Waals surface area contributed by atoms with Gasteiger partial charge in [0, 0.05) is 5.02 Å². The van der Waals surface area contributed by atoms with Gasteiger partial charge in [-0.25, -0.2) is 4.98 Å². The first kappa shape index (κ1) is 21.2. The Hall–Kier alpha value is -3.09. The molecule has 1 aromatic heterocycles. The van der Waals surface area contributed by atoms with Crippen LogP contribution in [0.2, 0.25) is 5.02 Å². The Bertz CT molecular complexity index is 1190. The van der Waals surface area contributed by atoms with Crippen molar-refractivity contribution in [1.82, 2.24) is 4.98 Å². The minimum atomic E-state index is -0.178. The molecule has 1 heterocycles. The van der Waals surface area contributed by atoms with E-state index in [1.807, 2.05) is 49.4 Å². The molecule has 0 unspecified atom stereocenters. The summed E-state index contributed by atoms with van der Waals surface area (Å²) in [5.41, 5.74) is 2.73. The zero-order chi connectivity index (χ0) is 21.8. The third kappa shape index (κ3) is 4.81. The highest BCUT2D eigenvalue weighted by Gasteiger charge is 2.22. The fourth-order valence-corrected chi connectivity index (χ4v) is 4.32. The number of carbonyl (C=O) groups excluding carboxylic acids is 1. The number of amides is 1. The van der Waals surface area contributed by atoms with Crippen LogP contribution in [0.15, 0.2) is 66.7 Å². The number of halogens is 1. The number of ether oxygens (including phenoxy) is 2. The number of thiazole rings is 1. The number of aryl methyl sites for hydroxylation is 1. The van der Waals surface area contributed by atoms with Gasteiger partial charge in [-0.1, -0.05) is 53.3 Å². The first-order valence-corrected chi connectivity index (χ1v) is 10.9. The predicted molar refractivity (Wildman–Crippen MR) is 125 cm³/mol. The van der Waals surface area contributed by atoms with Crippen LogP contribution in [0, 0.1) is 6.92 Å². The fraction of sp³-hybridized carbons (Fsp3) is 0.167. The largest absolute Gasteiger partial charge is 0.497 e. The van der Waals surface area contributed by atoms with E-state index in [1.165, 1.54) is 11.3 Å². The lowest BCUT2D eigenvalue weighted by atomic mass is 10.2. The highest BCUT2D eigenvalue weighted by atomic mass is 35.5. The number of aromatic nitrogens is 1. The number of fused-ring (bicyclic) bond motifs is 1. The van der Waals surface area contributed by atoms with Gasteiger partial charge in [-0.3, -0.25) is 9.69 Å². The van der Waals surface area contributed by atoms with Crippen molar-refractivity contribution in [2.24, 2.45) is 0 Å². The average molecular weight is 453 g/mol. The molecule has 0 aliphatic heterocycles. The number of rotatable bonds is 7. The molecular weight excluding hydrogens is 432 g/mol. The Morgan fingerprint density at radius 1 is 1.03 bits per heavy atom. The molecule has 7 heteroatoms. The summed E-state index contributed by atoms with van der Waals surface area (Å²) >= 11 is 7.73. The van der Waals surface area contributed by atoms with Gasteiger partial charge >= 0.3 is 0 Å². The Kier molecular flexibility index (Phi) is 6.39. The molecule has 4 rings (SSSR count). The molecule has 0 fully saturated rings. The molecule has 0 radical (unpaired) electrons. The molecule has 158 valence electrons. The van der Waals surface area contributed by atoms with E-state index < -0.39 is 0 Å². The normalized spacial score (nSPS) is 10.8. The van der Waals surface area contributed by atoms with Gasteiger partial charge in [0.25, 0.3) is 5.91 Å². The van der Waals surface area contributed by atoms with E-state index in [-0.39, 0.29) is 12.5 Å². The van der Waals surface area contributed by atoms with Gasteiger partial charge in [0.05, 0.1) is 23.9 Å². The molecule has 0 N–H and O–H groups in total. The third-order valence-corrected chi connectivity index (χ3v) is 6.33. The molecule has 0 saturated carbocycles. The lowest BCUT2D eigenvalue weighted by Gasteiger charge is -2.20. The summed E-state index contributed by atoms with van der Waals surface area (Å²) in [7, 11) is 1.60. The van der Waals surface area contributed by atoms with E-state index >= 15 is 0 Å². The second kappa shape index (κ2) is 9.37. The SMILES string of the molecule is COc1ccc(OCC(=O)N(Cc2ccccc2)c2nc3c(C)c(Cl)ccc3s2)cc1. The van der Waals surface area contributed by atoms with Gasteiger partial charge in [-0.2, -0.15) is 0 Å². The molecule has 0 bridgehead atoms. The second-order valence-corrected chi connectivity index (χ2v) is 8.36. The molecule has 0 atom stereocenters. The van der Waals surface area contributed by atoms with E-state index in [2.05, 4.69) is 0 Å². The summed E-state index contributed by atoms with van der Waals surface area (Å²) in [6.07, 6.45) is 0. The van der Waals surface area contributed by atoms with Crippen LogP contribution < -0.4 is 14.4 Å². The van der Waals surface area contributed by atoms with Crippen molar-refractivity contribution in [3.05, 3.63) is 82.9 Å². The van der Waals surface area contributed by atoms with E-state index in [9.17, 15) is 4.79 Å². The zero-order valence-electron chi connectivity index (χ0n) is 17.2. The van der Waals surface area contributed by atoms with E-state index in [4.69, 9.17) is 26.1 Å². The summed E-state index contributed by atoms with van der Waals surface area (Å²) in [5.74, 6) is 1.15. The van der Waals surface area contributed by atoms with Gasteiger partial charge < -0.3 is 9.47 Å². The molecule has 5 nitrogen and oxygen atoms in total. The van der Waals surface area contributed by atoms with Crippen LogP contribution in [-0.4, -0.2) is 24.6 Å². The Labute approximate surface area is 189 Å². The van der Waals surface area contributed by atoms with E-state index in [0.717, 1.165) is 27.1 Å². The summed E-state index contributed by atoms with van der Waals surface area (Å²) in [5, 5.41) is 1.28. The quantitative estimate of drug-likeness (QED) is 0.351. The van der Waals surface area contributed by atoms with Crippen molar-refractivity contribution >= 4 is 44.2 Å². The number of nitrogens with zero attached hydrogens (tertiary/aromatic N) is 2. The van der Waals surface area contributed by atoms with Gasteiger partial charge in [-0.15, -0.1) is 0 Å². The molecule has 1 amide bonds. The minimum Gasteiger partial charge on any atom is -0.497 e. The highest BCUT2D eigenvalue weighted by molar-refractivity contribution is 7.22. The summed E-state index contributed by atoms with van der Waals surface area (Å²) in [4.78, 5) is 19.6. The van der Waals surface area contributed by atoms with Crippen molar-refractivity contribution in [1.29, 1.82) is 0 Å². The predicted octanol–water partition coefficient (Wildman–Crippen LogP) is 5.88. The standard InChI is InChI=1S/C24H21ClN2O3S/c1-16-20(25)12-13-21-23(16)26-24(31-21)27(14-17-6-4-3-5-7-17)22(28)15-30-19-10-8-18(29-2)9-11-19/h3-13H,14-15H2,1-2H3. The fourth-order valence-electron chi connectivity index (χ4n) is 3.13. The van der Waals surface area contributed by atoms with Crippen LogP contribution in [0.1, 0.15) is 11.1 Å². The number of methoxy groups -OCH3 is 1. The summed E-state index contributed by atoms with van der Waals surface area (Å²) in [6, 6.07) is 20.8. The van der Waals surface area contributed by atoms with Crippen LogP contribution in [0.5, 0.6) is 11.5 Å². The average Bonchev–Trinajstić information content (AvgIpc) is 3.24. The van der Waals surface area contributed by atoms with Crippen LogP contribution in [0.25, 0.3) is 10.2 Å². The van der Waals surface area contributed by atoms with Gasteiger partial charge in [0.15, 0.2) is 11.7 Å². The molecule has 31 heavy (non-hydrogen) atoms. The summed E-state index contributed by atoms with van der Waals surface area (Å²) in [6.45, 7) is 2.23. The van der Waals surface area contributed by atoms with Crippen LogP contribution in [0.3, 0.4) is 0 Å². The Balaban J connectivity index is 1.60. The summed E-state index contributed by atoms with van der Waals surface area (Å²) < 4.78 is 11.9. The molecule has 0 saturated heterocycles. The monoisotopic (exact) mass is 452 g/mol. The van der Waals surface area contributed by atoms with Crippen LogP contribution >= 0.6 is 22.9 Å². The van der Waals surface area contributed by atoms with Gasteiger partial charge in [0.1, 0.15) is 11.5 Å². The van der Waals surface area contributed by atoms with Crippen molar-refractivity contribution < 1.29 is 14.3 Å². The van der Waals surface area contributed by atoms with Crippen molar-refractivity contribution in [2.45, 2.75) is 13.5 Å². The number of benzene rings is 3. The number of carbonyl (C=O) groups is 1. The minimum absolute atomic E-state index is 0.102. The number of anilines is 1. The van der Waals surface area contributed by atoms with E-state index in [1.54, 1.807) is 36.3 Å². The molecular formula is C24H21ClN2O3S. The van der Waals surface area contributed by atoms with Crippen LogP contribution in [0.4, 0.5) is 5.13 Å². The lowest BCUT2D eigenvalue weighted by Crippen LogP contribution is -2.34. The smallest absolute Gasteiger partial charge is 0.267 e. The lowest BCUT2D eigenvalue weighted by molar-refractivity contribution is -0.120. The maximum absolute atomic E-state index is 13.2. The topological polar surface area (TPSA) is 51.7 Å². The number of hydrogen-bond donors (Lipinski definition) is 0. The second-order valence-electron chi connectivity index (χ2n) is 6.95. The zero-order valence-corrected chi connectivity index (χ0v) is 18.7. The maximum atomic E-state index is 13.2. The van der Waals surface area contributed by atoms with E-state index in [0.29, 0.717) is 22.4 Å². The number of hydrogen-bond acceptors (Lipinski definition) is 5. The molecule has 4 aromatic rings. The Morgan fingerprint density at radius 3 is 2.45 bits per heavy atom. The van der Waals surface area contributed by atoms with Crippen LogP contribution in [-0.2, 0) is 11.3 Å². The first-order valence-electron chi connectivity index (χ1n) is 9.72. The molecule has 0 spiro atoms. The third-order valence-electron chi connectivity index (χ3n) is 4.87. The van der Waals surface area contributed by atoms with Gasteiger partial charge in [-0.05, 0) is 54.4 Å². The molecule has 0 aliphatic carbocycles. The molecule has 0 aliphatic rings. The van der Waals surface area contributed by atoms with Gasteiger partial charge in [0.2, 0.25) is 0 Å². The maximum Gasteiger partial charge on any atom is 0.267 e.